The van der Waals surface area contributed by atoms with Gasteiger partial charge in [-0.05, 0) is 31.2 Å². The van der Waals surface area contributed by atoms with Crippen LogP contribution in [0.3, 0.4) is 0 Å². The highest BCUT2D eigenvalue weighted by Gasteiger charge is 2.25. The first-order valence-corrected chi connectivity index (χ1v) is 13.4. The van der Waals surface area contributed by atoms with E-state index in [0.717, 1.165) is 0 Å². The highest BCUT2D eigenvalue weighted by atomic mass is 16.6. The molecular formula is C32H33NO12. The fourth-order valence-corrected chi connectivity index (χ4v) is 3.05. The van der Waals surface area contributed by atoms with Crippen molar-refractivity contribution in [1.82, 2.24) is 5.32 Å². The van der Waals surface area contributed by atoms with Crippen LogP contribution in [-0.2, 0) is 42.9 Å². The van der Waals surface area contributed by atoms with Crippen LogP contribution in [0.15, 0.2) is 97.1 Å². The van der Waals surface area contributed by atoms with E-state index < -0.39 is 68.1 Å². The summed E-state index contributed by atoms with van der Waals surface area (Å²) in [6.07, 6.45) is -3.67. The van der Waals surface area contributed by atoms with E-state index in [-0.39, 0.29) is 41.4 Å². The van der Waals surface area contributed by atoms with Crippen LogP contribution in [0.2, 0.25) is 0 Å². The Morgan fingerprint density at radius 1 is 0.667 bits per heavy atom. The predicted molar refractivity (Wildman–Crippen MR) is 158 cm³/mol. The molecule has 0 heterocycles. The number of amides is 1. The number of alkyl carbamates (subject to hydrolysis) is 1. The zero-order chi connectivity index (χ0) is 33.2. The van der Waals surface area contributed by atoms with Crippen molar-refractivity contribution in [3.8, 4) is 11.5 Å². The molecule has 13 heteroatoms. The predicted octanol–water partition coefficient (Wildman–Crippen LogP) is 3.39. The SMILES string of the molecule is C=C(C)C(=O)OCCNC(=O)OC(CC(=O)OCC(=C)C(=O)Oc1ccccc1)CC(=O)OCC(=C)C(=O)Oc1ccccc1. The van der Waals surface area contributed by atoms with Crippen molar-refractivity contribution in [2.75, 3.05) is 26.4 Å². The van der Waals surface area contributed by atoms with E-state index in [1.165, 1.54) is 6.92 Å². The van der Waals surface area contributed by atoms with Gasteiger partial charge in [-0.15, -0.1) is 0 Å². The quantitative estimate of drug-likeness (QED) is 0.0897. The van der Waals surface area contributed by atoms with Gasteiger partial charge in [0.15, 0.2) is 0 Å². The molecule has 238 valence electrons. The molecule has 0 bridgehead atoms. The Kier molecular flexibility index (Phi) is 14.8. The van der Waals surface area contributed by atoms with Crippen LogP contribution in [0.4, 0.5) is 4.79 Å². The number of benzene rings is 2. The lowest BCUT2D eigenvalue weighted by Gasteiger charge is -2.17. The Labute approximate surface area is 259 Å². The monoisotopic (exact) mass is 623 g/mol. The maximum Gasteiger partial charge on any atom is 0.407 e. The molecule has 0 radical (unpaired) electrons. The van der Waals surface area contributed by atoms with Gasteiger partial charge < -0.3 is 33.7 Å². The number of carbonyl (C=O) groups is 6. The molecule has 0 saturated carbocycles. The van der Waals surface area contributed by atoms with Crippen LogP contribution >= 0.6 is 0 Å². The number of ether oxygens (including phenoxy) is 6. The fourth-order valence-electron chi connectivity index (χ4n) is 3.05. The maximum absolute atomic E-state index is 12.5. The molecule has 13 nitrogen and oxygen atoms in total. The van der Waals surface area contributed by atoms with E-state index in [1.807, 2.05) is 0 Å². The molecule has 0 aliphatic heterocycles. The summed E-state index contributed by atoms with van der Waals surface area (Å²) in [5, 5.41) is 2.31. The van der Waals surface area contributed by atoms with Crippen LogP contribution in [-0.4, -0.2) is 68.4 Å². The van der Waals surface area contributed by atoms with Gasteiger partial charge in [0.25, 0.3) is 0 Å². The Bertz CT molecular complexity index is 1320. The fraction of sp³-hybridized carbons (Fsp3) is 0.250. The van der Waals surface area contributed by atoms with Gasteiger partial charge in [-0.25, -0.2) is 19.2 Å². The third-order valence-corrected chi connectivity index (χ3v) is 5.32. The summed E-state index contributed by atoms with van der Waals surface area (Å²) >= 11 is 0. The minimum atomic E-state index is -1.39. The molecule has 0 spiro atoms. The molecule has 2 aromatic carbocycles. The van der Waals surface area contributed by atoms with E-state index in [4.69, 9.17) is 28.4 Å². The lowest BCUT2D eigenvalue weighted by molar-refractivity contribution is -0.149. The van der Waals surface area contributed by atoms with E-state index in [9.17, 15) is 28.8 Å². The average molecular weight is 624 g/mol. The van der Waals surface area contributed by atoms with E-state index >= 15 is 0 Å². The van der Waals surface area contributed by atoms with Crippen molar-refractivity contribution in [3.05, 3.63) is 97.1 Å². The summed E-state index contributed by atoms with van der Waals surface area (Å²) in [5.41, 5.74) is -0.180. The van der Waals surface area contributed by atoms with Crippen molar-refractivity contribution in [1.29, 1.82) is 0 Å². The van der Waals surface area contributed by atoms with Gasteiger partial charge in [-0.3, -0.25) is 9.59 Å². The minimum Gasteiger partial charge on any atom is -0.460 e. The van der Waals surface area contributed by atoms with Crippen molar-refractivity contribution >= 4 is 35.9 Å². The molecule has 1 amide bonds. The normalized spacial score (nSPS) is 10.1. The lowest BCUT2D eigenvalue weighted by Crippen LogP contribution is -2.34. The van der Waals surface area contributed by atoms with Gasteiger partial charge >= 0.3 is 35.9 Å². The summed E-state index contributed by atoms with van der Waals surface area (Å²) in [7, 11) is 0. The zero-order valence-electron chi connectivity index (χ0n) is 24.6. The molecule has 1 N–H and O–H groups in total. The average Bonchev–Trinajstić information content (AvgIpc) is 3.01. The smallest absolute Gasteiger partial charge is 0.407 e. The molecule has 0 unspecified atom stereocenters. The van der Waals surface area contributed by atoms with Gasteiger partial charge in [0.05, 0.1) is 30.5 Å². The van der Waals surface area contributed by atoms with Gasteiger partial charge in [0.1, 0.15) is 37.4 Å². The van der Waals surface area contributed by atoms with Crippen LogP contribution in [0, 0.1) is 0 Å². The molecule has 0 atom stereocenters. The first-order valence-electron chi connectivity index (χ1n) is 13.4. The molecule has 0 aromatic heterocycles. The van der Waals surface area contributed by atoms with Gasteiger partial charge in [0, 0.05) is 5.57 Å². The summed E-state index contributed by atoms with van der Waals surface area (Å²) in [4.78, 5) is 73.2. The molecule has 0 fully saturated rings. The summed E-state index contributed by atoms with van der Waals surface area (Å²) in [6.45, 7) is 10.5. The Morgan fingerprint density at radius 2 is 1.11 bits per heavy atom. The van der Waals surface area contributed by atoms with Crippen LogP contribution in [0.25, 0.3) is 0 Å². The minimum absolute atomic E-state index is 0.147. The zero-order valence-corrected chi connectivity index (χ0v) is 24.6. The second kappa shape index (κ2) is 18.7. The first-order chi connectivity index (χ1) is 21.4. The molecule has 2 rings (SSSR count). The molecule has 45 heavy (non-hydrogen) atoms. The highest BCUT2D eigenvalue weighted by molar-refractivity contribution is 5.91. The van der Waals surface area contributed by atoms with Crippen molar-refractivity contribution in [2.24, 2.45) is 0 Å². The van der Waals surface area contributed by atoms with Crippen molar-refractivity contribution in [3.63, 3.8) is 0 Å². The second-order valence-corrected chi connectivity index (χ2v) is 9.21. The van der Waals surface area contributed by atoms with Crippen molar-refractivity contribution < 1.29 is 57.2 Å². The number of carbonyl (C=O) groups excluding carboxylic acids is 6. The molecule has 2 aromatic rings. The Hall–Kier alpha value is -5.72. The molecular weight excluding hydrogens is 590 g/mol. The highest BCUT2D eigenvalue weighted by Crippen LogP contribution is 2.13. The van der Waals surface area contributed by atoms with Gasteiger partial charge in [0.2, 0.25) is 0 Å². The third kappa shape index (κ3) is 14.3. The Morgan fingerprint density at radius 3 is 1.53 bits per heavy atom. The van der Waals surface area contributed by atoms with E-state index in [2.05, 4.69) is 25.1 Å². The number of nitrogens with one attached hydrogen (secondary N) is 1. The molecule has 0 saturated heterocycles. The third-order valence-electron chi connectivity index (χ3n) is 5.32. The number of para-hydroxylation sites is 2. The van der Waals surface area contributed by atoms with Gasteiger partial charge in [-0.2, -0.15) is 0 Å². The maximum atomic E-state index is 12.5. The number of hydrogen-bond donors (Lipinski definition) is 1. The topological polar surface area (TPSA) is 170 Å². The largest absolute Gasteiger partial charge is 0.460 e. The van der Waals surface area contributed by atoms with E-state index in [0.29, 0.717) is 0 Å². The van der Waals surface area contributed by atoms with Crippen molar-refractivity contribution in [2.45, 2.75) is 25.9 Å². The van der Waals surface area contributed by atoms with Crippen LogP contribution < -0.4 is 14.8 Å². The van der Waals surface area contributed by atoms with Crippen LogP contribution in [0.1, 0.15) is 19.8 Å². The van der Waals surface area contributed by atoms with E-state index in [1.54, 1.807) is 60.7 Å². The van der Waals surface area contributed by atoms with Crippen LogP contribution in [0.5, 0.6) is 11.5 Å². The first kappa shape index (κ1) is 35.5. The van der Waals surface area contributed by atoms with Gasteiger partial charge in [-0.1, -0.05) is 56.1 Å². The lowest BCUT2D eigenvalue weighted by atomic mass is 10.2. The summed E-state index contributed by atoms with van der Waals surface area (Å²) in [6, 6.07) is 16.3. The second-order valence-electron chi connectivity index (χ2n) is 9.21. The molecule has 0 aliphatic rings. The Balaban J connectivity index is 1.91. The summed E-state index contributed by atoms with van der Waals surface area (Å²) < 4.78 is 30.4. The number of rotatable bonds is 17. The molecule has 0 aliphatic carbocycles. The number of hydrogen-bond acceptors (Lipinski definition) is 12. The standard InChI is InChI=1S/C32H33NO12/c1-21(2)29(36)40-16-15-33-32(39)45-26(17-27(34)41-19-22(3)30(37)43-24-11-7-5-8-12-24)18-28(35)42-20-23(4)31(38)44-25-13-9-6-10-14-25/h5-14,26H,1,3-4,15-20H2,2H3,(H,33,39). The number of esters is 5. The summed E-state index contributed by atoms with van der Waals surface area (Å²) in [5.74, 6) is -3.68.